The molecule has 2 bridgehead atoms. The number of rotatable bonds is 9. The van der Waals surface area contributed by atoms with Crippen molar-refractivity contribution in [2.75, 3.05) is 80.0 Å². The quantitative estimate of drug-likeness (QED) is 0.0726. The number of nitrogens with one attached hydrogen (secondary N) is 6. The van der Waals surface area contributed by atoms with Crippen LogP contribution in [-0.2, 0) is 0 Å². The highest BCUT2D eigenvalue weighted by atomic mass is 32.1. The van der Waals surface area contributed by atoms with Crippen molar-refractivity contribution in [2.24, 2.45) is 32.2 Å². The molecule has 0 saturated carbocycles. The predicted molar refractivity (Wildman–Crippen MR) is 187 cm³/mol. The molecule has 3 rings (SSSR count). The van der Waals surface area contributed by atoms with E-state index in [1.807, 2.05) is 0 Å². The summed E-state index contributed by atoms with van der Waals surface area (Å²) in [6.07, 6.45) is 0. The molecule has 0 unspecified atom stereocenters. The van der Waals surface area contributed by atoms with Gasteiger partial charge >= 0.3 is 0 Å². The van der Waals surface area contributed by atoms with Gasteiger partial charge in [0.25, 0.3) is 0 Å². The molecule has 0 atom stereocenters. The molecule has 0 aromatic carbocycles. The first-order valence-corrected chi connectivity index (χ1v) is 13.9. The zero-order chi connectivity index (χ0) is 30.0. The second kappa shape index (κ2) is 28.3. The Kier molecular flexibility index (Phi) is 28.5. The lowest BCUT2D eigenvalue weighted by Gasteiger charge is -2.31. The zero-order valence-electron chi connectivity index (χ0n) is 21.8. The number of hydrogen-bond donors (Lipinski definition) is 9. The van der Waals surface area contributed by atoms with Gasteiger partial charge in [0.15, 0.2) is 15.3 Å². The van der Waals surface area contributed by atoms with Crippen molar-refractivity contribution < 1.29 is 0 Å². The van der Waals surface area contributed by atoms with Gasteiger partial charge in [0.2, 0.25) is 0 Å². The van der Waals surface area contributed by atoms with Crippen molar-refractivity contribution in [1.29, 1.82) is 0 Å². The second-order valence-corrected chi connectivity index (χ2v) is 9.17. The van der Waals surface area contributed by atoms with Gasteiger partial charge < -0.3 is 49.1 Å². The van der Waals surface area contributed by atoms with Crippen molar-refractivity contribution in [3.63, 3.8) is 0 Å². The van der Waals surface area contributed by atoms with E-state index in [4.69, 9.17) is 53.9 Å². The largest absolute Gasteiger partial charge is 0.350 e. The molecule has 0 aliphatic carbocycles. The number of fused-ring (bicyclic) bond motifs is 12. The molecular weight excluding hydrogens is 645 g/mol. The molecule has 3 saturated heterocycles. The molecule has 3 aliphatic rings. The zero-order valence-corrected chi connectivity index (χ0v) is 26.7. The van der Waals surface area contributed by atoms with E-state index in [2.05, 4.69) is 109 Å². The minimum Gasteiger partial charge on any atom is -0.350 e. The average Bonchev–Trinajstić information content (AvgIpc) is 2.96. The second-order valence-electron chi connectivity index (χ2n) is 7.40. The summed E-state index contributed by atoms with van der Waals surface area (Å²) in [5.41, 5.74) is 15.5. The van der Waals surface area contributed by atoms with Crippen LogP contribution in [-0.4, -0.2) is 130 Å². The van der Waals surface area contributed by atoms with Gasteiger partial charge in [-0.2, -0.15) is 0 Å². The number of nitrogens with two attached hydrogens (primary N) is 3. The molecule has 12 N–H and O–H groups in total. The van der Waals surface area contributed by atoms with Gasteiger partial charge in [-0.05, 0) is 73.3 Å². The Morgan fingerprint density at radius 2 is 0.805 bits per heavy atom. The highest BCUT2D eigenvalue weighted by Crippen LogP contribution is 1.90. The Bertz CT molecular complexity index is 762. The van der Waals surface area contributed by atoms with Crippen LogP contribution in [0.4, 0.5) is 0 Å². The molecule has 3 aliphatic heterocycles. The van der Waals surface area contributed by atoms with Crippen LogP contribution in [0.3, 0.4) is 0 Å². The van der Waals surface area contributed by atoms with Crippen molar-refractivity contribution in [3.05, 3.63) is 0 Å². The van der Waals surface area contributed by atoms with Crippen molar-refractivity contribution in [2.45, 2.75) is 7.43 Å². The van der Waals surface area contributed by atoms with Crippen LogP contribution in [0.25, 0.3) is 0 Å². The molecule has 16 nitrogen and oxygen atoms in total. The van der Waals surface area contributed by atoms with E-state index in [1.54, 1.807) is 9.80 Å². The molecular formula is C19H40N16S6. The maximum absolute atomic E-state index is 5.23. The highest BCUT2D eigenvalue weighted by Gasteiger charge is 2.13. The number of thiocarbonyl (C=S) groups is 6. The normalized spacial score (nSPS) is 18.2. The Balaban J connectivity index is 0. The van der Waals surface area contributed by atoms with Gasteiger partial charge in [-0.15, -0.1) is 0 Å². The van der Waals surface area contributed by atoms with Crippen LogP contribution < -0.4 is 49.1 Å². The van der Waals surface area contributed by atoms with Crippen molar-refractivity contribution in [1.82, 2.24) is 51.5 Å². The van der Waals surface area contributed by atoms with Crippen LogP contribution in [0.2, 0.25) is 0 Å². The predicted octanol–water partition coefficient (Wildman–Crippen LogP) is -2.10. The monoisotopic (exact) mass is 684 g/mol. The van der Waals surface area contributed by atoms with E-state index in [0.29, 0.717) is 95.4 Å². The fourth-order valence-corrected chi connectivity index (χ4v) is 2.93. The molecule has 0 amide bonds. The van der Waals surface area contributed by atoms with Gasteiger partial charge in [0, 0.05) is 20.0 Å². The molecule has 0 aromatic heterocycles. The average molecular weight is 685 g/mol. The van der Waals surface area contributed by atoms with Crippen LogP contribution in [0.15, 0.2) is 15.0 Å². The SMILES string of the molecule is C.NCN(CN)CN.S=C1NCN2CNC(=S)NCN(CN1)CNC(=S)NC2.S=C=NCN(CN=C=S)CN=C=S. The molecule has 22 heteroatoms. The summed E-state index contributed by atoms with van der Waals surface area (Å²) in [6, 6.07) is 0. The first-order chi connectivity index (χ1) is 19.3. The number of aliphatic imine (C=N–C) groups is 3. The van der Waals surface area contributed by atoms with Crippen LogP contribution >= 0.6 is 73.3 Å². The third kappa shape index (κ3) is 23.4. The van der Waals surface area contributed by atoms with Crippen LogP contribution in [0.1, 0.15) is 7.43 Å². The molecule has 0 spiro atoms. The number of isothiocyanates is 3. The summed E-state index contributed by atoms with van der Waals surface area (Å²) in [6.45, 7) is 5.89. The Hall–Kier alpha value is -1.81. The Morgan fingerprint density at radius 1 is 0.561 bits per heavy atom. The fraction of sp³-hybridized carbons (Fsp3) is 0.684. The minimum absolute atomic E-state index is 0. The fourth-order valence-electron chi connectivity index (χ4n) is 2.37. The van der Waals surface area contributed by atoms with Crippen LogP contribution in [0, 0.1) is 0 Å². The summed E-state index contributed by atoms with van der Waals surface area (Å²) in [5.74, 6) is 0. The summed E-state index contributed by atoms with van der Waals surface area (Å²) >= 11 is 28.9. The van der Waals surface area contributed by atoms with Gasteiger partial charge in [-0.3, -0.25) is 14.7 Å². The summed E-state index contributed by atoms with van der Waals surface area (Å²) in [7, 11) is 0. The van der Waals surface area contributed by atoms with E-state index in [0.717, 1.165) is 0 Å². The van der Waals surface area contributed by atoms with Crippen LogP contribution in [0.5, 0.6) is 0 Å². The number of hydrogen-bond acceptors (Lipinski definition) is 16. The molecule has 41 heavy (non-hydrogen) atoms. The van der Waals surface area contributed by atoms with E-state index < -0.39 is 0 Å². The summed E-state index contributed by atoms with van der Waals surface area (Å²) in [4.78, 5) is 18.7. The first kappa shape index (κ1) is 41.3. The van der Waals surface area contributed by atoms with Gasteiger partial charge in [0.05, 0.1) is 55.5 Å². The Morgan fingerprint density at radius 3 is 0.976 bits per heavy atom. The third-order valence-corrected chi connectivity index (χ3v) is 5.81. The Labute approximate surface area is 274 Å². The van der Waals surface area contributed by atoms with Gasteiger partial charge in [0.1, 0.15) is 20.0 Å². The van der Waals surface area contributed by atoms with Gasteiger partial charge in [-0.1, -0.05) is 7.43 Å². The van der Waals surface area contributed by atoms with E-state index in [9.17, 15) is 0 Å². The number of nitrogens with zero attached hydrogens (tertiary/aromatic N) is 7. The highest BCUT2D eigenvalue weighted by molar-refractivity contribution is 7.80. The molecule has 232 valence electrons. The van der Waals surface area contributed by atoms with Crippen molar-refractivity contribution in [3.8, 4) is 0 Å². The lowest BCUT2D eigenvalue weighted by atomic mass is 10.6. The van der Waals surface area contributed by atoms with E-state index >= 15 is 0 Å². The van der Waals surface area contributed by atoms with Gasteiger partial charge in [-0.25, -0.2) is 19.9 Å². The lowest BCUT2D eigenvalue weighted by molar-refractivity contribution is 0.231. The topological polar surface area (TPSA) is 200 Å². The molecule has 0 aromatic rings. The lowest BCUT2D eigenvalue weighted by Crippen LogP contribution is -2.58. The molecule has 3 fully saturated rings. The maximum atomic E-state index is 5.23. The standard InChI is InChI=1S/C9H18N8S3.C6H6N4S3.C3H12N4.CH4/c18-7-10-1-16-2-11-8(19)14-5-17(4-13-7)6-15-9(20)12-3-16;11-4-7-1-10(2-8-5-12)3-9-6-13;4-1-7(2-5)3-6;/h1-6H2,(H2,10,13,18)(H2,11,14,19)(H2,12,15,20);1-3H2;1-6H2;1H4. The van der Waals surface area contributed by atoms with E-state index in [1.165, 1.54) is 0 Å². The smallest absolute Gasteiger partial charge is 0.168 e. The molecule has 0 radical (unpaired) electrons. The van der Waals surface area contributed by atoms with E-state index in [-0.39, 0.29) is 7.43 Å². The maximum Gasteiger partial charge on any atom is 0.168 e. The minimum atomic E-state index is 0. The summed E-state index contributed by atoms with van der Waals surface area (Å²) < 4.78 is 0. The van der Waals surface area contributed by atoms with Crippen molar-refractivity contribution >= 4 is 104 Å². The summed E-state index contributed by atoms with van der Waals surface area (Å²) in [5, 5.41) is 27.5. The first-order valence-electron chi connectivity index (χ1n) is 11.5. The third-order valence-electron chi connectivity index (χ3n) is 4.56. The molecule has 3 heterocycles.